The Bertz CT molecular complexity index is 422. The molecule has 0 aliphatic heterocycles. The number of nitrogens with two attached hydrogens (primary N) is 1. The van der Waals surface area contributed by atoms with Gasteiger partial charge in [0, 0.05) is 25.3 Å². The van der Waals surface area contributed by atoms with Crippen molar-refractivity contribution < 1.29 is 4.74 Å². The lowest BCUT2D eigenvalue weighted by Gasteiger charge is -2.36. The van der Waals surface area contributed by atoms with Crippen molar-refractivity contribution in [3.8, 4) is 0 Å². The topological polar surface area (TPSA) is 65.1 Å². The number of hydrogen-bond acceptors (Lipinski definition) is 4. The van der Waals surface area contributed by atoms with Crippen molar-refractivity contribution in [2.45, 2.75) is 73.1 Å². The van der Waals surface area contributed by atoms with Crippen LogP contribution in [0.2, 0.25) is 0 Å². The van der Waals surface area contributed by atoms with Gasteiger partial charge in [0.05, 0.1) is 17.8 Å². The molecule has 0 amide bonds. The van der Waals surface area contributed by atoms with Gasteiger partial charge >= 0.3 is 0 Å². The van der Waals surface area contributed by atoms with Crippen LogP contribution in [0.1, 0.15) is 52.9 Å². The van der Waals surface area contributed by atoms with E-state index in [9.17, 15) is 0 Å². The fraction of sp³-hybridized carbons (Fsp3) is 0.812. The smallest absolute Gasteiger partial charge is 0.0793 e. The highest BCUT2D eigenvalue weighted by atomic mass is 16.5. The minimum absolute atomic E-state index is 0.0255. The molecule has 0 spiro atoms. The van der Waals surface area contributed by atoms with Crippen molar-refractivity contribution >= 4 is 0 Å². The molecule has 0 aromatic carbocycles. The number of hydrazine groups is 1. The summed E-state index contributed by atoms with van der Waals surface area (Å²) in [5.74, 6) is 5.82. The van der Waals surface area contributed by atoms with E-state index in [1.165, 1.54) is 5.69 Å². The van der Waals surface area contributed by atoms with E-state index in [1.807, 2.05) is 6.92 Å². The Labute approximate surface area is 129 Å². The molecule has 1 heterocycles. The van der Waals surface area contributed by atoms with E-state index in [1.54, 1.807) is 0 Å². The summed E-state index contributed by atoms with van der Waals surface area (Å²) < 4.78 is 8.03. The van der Waals surface area contributed by atoms with E-state index in [-0.39, 0.29) is 17.6 Å². The van der Waals surface area contributed by atoms with Gasteiger partial charge in [0.1, 0.15) is 0 Å². The molecule has 0 radical (unpaired) electrons. The number of nitrogens with zero attached hydrogens (tertiary/aromatic N) is 2. The van der Waals surface area contributed by atoms with Gasteiger partial charge in [-0.3, -0.25) is 16.0 Å². The van der Waals surface area contributed by atoms with Crippen LogP contribution in [-0.4, -0.2) is 28.5 Å². The second kappa shape index (κ2) is 7.92. The summed E-state index contributed by atoms with van der Waals surface area (Å²) in [6.45, 7) is 14.4. The summed E-state index contributed by atoms with van der Waals surface area (Å²) in [4.78, 5) is 0. The molecule has 21 heavy (non-hydrogen) atoms. The van der Waals surface area contributed by atoms with Crippen LogP contribution in [0.15, 0.2) is 6.07 Å². The summed E-state index contributed by atoms with van der Waals surface area (Å²) in [7, 11) is 0. The van der Waals surface area contributed by atoms with Crippen LogP contribution in [0.4, 0.5) is 0 Å². The molecule has 0 aliphatic carbocycles. The molecule has 2 unspecified atom stereocenters. The van der Waals surface area contributed by atoms with Gasteiger partial charge in [-0.05, 0) is 31.7 Å². The number of rotatable bonds is 8. The lowest BCUT2D eigenvalue weighted by molar-refractivity contribution is -0.0359. The summed E-state index contributed by atoms with van der Waals surface area (Å²) in [6, 6.07) is 2.25. The minimum Gasteiger partial charge on any atom is -0.376 e. The molecular weight excluding hydrogens is 264 g/mol. The first-order chi connectivity index (χ1) is 9.87. The van der Waals surface area contributed by atoms with Gasteiger partial charge in [0.25, 0.3) is 0 Å². The van der Waals surface area contributed by atoms with Crippen LogP contribution in [-0.2, 0) is 24.1 Å². The quantitative estimate of drug-likeness (QED) is 0.570. The van der Waals surface area contributed by atoms with Crippen molar-refractivity contribution in [2.75, 3.05) is 6.61 Å². The van der Waals surface area contributed by atoms with Gasteiger partial charge in [-0.25, -0.2) is 0 Å². The van der Waals surface area contributed by atoms with E-state index in [0.717, 1.165) is 25.1 Å². The van der Waals surface area contributed by atoms with Crippen LogP contribution < -0.4 is 11.3 Å². The third-order valence-corrected chi connectivity index (χ3v) is 3.78. The molecular formula is C16H32N4O. The van der Waals surface area contributed by atoms with Crippen molar-refractivity contribution in [1.29, 1.82) is 0 Å². The fourth-order valence-electron chi connectivity index (χ4n) is 2.75. The Morgan fingerprint density at radius 1 is 1.33 bits per heavy atom. The largest absolute Gasteiger partial charge is 0.376 e. The molecule has 5 nitrogen and oxygen atoms in total. The van der Waals surface area contributed by atoms with Crippen molar-refractivity contribution in [1.82, 2.24) is 15.2 Å². The number of hydrogen-bond donors (Lipinski definition) is 2. The number of aromatic nitrogens is 2. The first kappa shape index (κ1) is 18.1. The maximum absolute atomic E-state index is 5.97. The molecule has 0 saturated carbocycles. The molecule has 1 rings (SSSR count). The Hall–Kier alpha value is -0.910. The standard InChI is InChI=1S/C16H32N4O/c1-7-12-10-13(20(8-2)19-12)11-14(18-17)15(21-9-3)16(4,5)6/h10,14-15,18H,7-9,11,17H2,1-6H3. The van der Waals surface area contributed by atoms with Crippen LogP contribution in [0.5, 0.6) is 0 Å². The van der Waals surface area contributed by atoms with Gasteiger partial charge in [0.2, 0.25) is 0 Å². The molecule has 0 saturated heterocycles. The van der Waals surface area contributed by atoms with E-state index >= 15 is 0 Å². The van der Waals surface area contributed by atoms with E-state index in [2.05, 4.69) is 55.9 Å². The van der Waals surface area contributed by atoms with Crippen LogP contribution in [0, 0.1) is 5.41 Å². The van der Waals surface area contributed by atoms with Crippen molar-refractivity contribution in [2.24, 2.45) is 11.3 Å². The molecule has 0 fully saturated rings. The first-order valence-corrected chi connectivity index (χ1v) is 8.00. The Morgan fingerprint density at radius 3 is 2.43 bits per heavy atom. The summed E-state index contributed by atoms with van der Waals surface area (Å²) in [5, 5.41) is 4.61. The van der Waals surface area contributed by atoms with Crippen molar-refractivity contribution in [3.05, 3.63) is 17.5 Å². The fourth-order valence-corrected chi connectivity index (χ4v) is 2.75. The average molecular weight is 296 g/mol. The second-order valence-corrected chi connectivity index (χ2v) is 6.52. The van der Waals surface area contributed by atoms with Crippen LogP contribution >= 0.6 is 0 Å². The highest BCUT2D eigenvalue weighted by molar-refractivity contribution is 5.12. The molecule has 122 valence electrons. The van der Waals surface area contributed by atoms with E-state index in [0.29, 0.717) is 6.61 Å². The van der Waals surface area contributed by atoms with Gasteiger partial charge in [-0.1, -0.05) is 27.7 Å². The molecule has 0 bridgehead atoms. The minimum atomic E-state index is 0.0255. The van der Waals surface area contributed by atoms with Gasteiger partial charge < -0.3 is 4.74 Å². The molecule has 2 atom stereocenters. The zero-order chi connectivity index (χ0) is 16.0. The number of ether oxygens (including phenoxy) is 1. The molecule has 1 aromatic heterocycles. The van der Waals surface area contributed by atoms with Gasteiger partial charge in [-0.15, -0.1) is 0 Å². The Balaban J connectivity index is 2.97. The monoisotopic (exact) mass is 296 g/mol. The number of aryl methyl sites for hydroxylation is 2. The van der Waals surface area contributed by atoms with E-state index in [4.69, 9.17) is 10.6 Å². The zero-order valence-electron chi connectivity index (χ0n) is 14.4. The first-order valence-electron chi connectivity index (χ1n) is 8.00. The molecule has 3 N–H and O–H groups in total. The lowest BCUT2D eigenvalue weighted by atomic mass is 9.83. The van der Waals surface area contributed by atoms with Crippen molar-refractivity contribution in [3.63, 3.8) is 0 Å². The van der Waals surface area contributed by atoms with Crippen LogP contribution in [0.3, 0.4) is 0 Å². The average Bonchev–Trinajstić information content (AvgIpc) is 2.83. The SMILES string of the molecule is CCOC(C(Cc1cc(CC)nn1CC)NN)C(C)(C)C. The van der Waals surface area contributed by atoms with E-state index < -0.39 is 0 Å². The van der Waals surface area contributed by atoms with Crippen LogP contribution in [0.25, 0.3) is 0 Å². The third kappa shape index (κ3) is 4.80. The second-order valence-electron chi connectivity index (χ2n) is 6.52. The summed E-state index contributed by atoms with van der Waals surface area (Å²) >= 11 is 0. The van der Waals surface area contributed by atoms with Gasteiger partial charge in [-0.2, -0.15) is 5.10 Å². The molecule has 1 aromatic rings. The zero-order valence-corrected chi connectivity index (χ0v) is 14.4. The predicted octanol–water partition coefficient (Wildman–Crippen LogP) is 2.29. The van der Waals surface area contributed by atoms with Gasteiger partial charge in [0.15, 0.2) is 0 Å². The maximum Gasteiger partial charge on any atom is 0.0793 e. The maximum atomic E-state index is 5.97. The summed E-state index contributed by atoms with van der Waals surface area (Å²) in [5.41, 5.74) is 5.32. The number of nitrogens with one attached hydrogen (secondary N) is 1. The Morgan fingerprint density at radius 2 is 2.00 bits per heavy atom. The lowest BCUT2D eigenvalue weighted by Crippen LogP contribution is -2.52. The predicted molar refractivity (Wildman–Crippen MR) is 87.0 cm³/mol. The highest BCUT2D eigenvalue weighted by Gasteiger charge is 2.33. The Kier molecular flexibility index (Phi) is 6.84. The molecule has 5 heteroatoms. The summed E-state index contributed by atoms with van der Waals surface area (Å²) in [6.07, 6.45) is 1.83. The molecule has 0 aliphatic rings. The highest BCUT2D eigenvalue weighted by Crippen LogP contribution is 2.26. The third-order valence-electron chi connectivity index (χ3n) is 3.78. The normalized spacial score (nSPS) is 15.2.